The number of nitriles is 1. The van der Waals surface area contributed by atoms with Crippen LogP contribution in [0.3, 0.4) is 0 Å². The van der Waals surface area contributed by atoms with Crippen molar-refractivity contribution in [3.8, 4) is 6.07 Å². The van der Waals surface area contributed by atoms with Gasteiger partial charge >= 0.3 is 6.09 Å². The summed E-state index contributed by atoms with van der Waals surface area (Å²) in [4.78, 5) is 43.2. The van der Waals surface area contributed by atoms with E-state index in [1.807, 2.05) is 30.3 Å². The minimum atomic E-state index is -0.615. The van der Waals surface area contributed by atoms with Crippen LogP contribution in [0.1, 0.15) is 51.5 Å². The lowest BCUT2D eigenvalue weighted by Crippen LogP contribution is -2.54. The van der Waals surface area contributed by atoms with Crippen molar-refractivity contribution in [2.75, 3.05) is 31.1 Å². The van der Waals surface area contributed by atoms with Crippen molar-refractivity contribution in [2.24, 2.45) is 11.8 Å². The average molecular weight is 513 g/mol. The van der Waals surface area contributed by atoms with Gasteiger partial charge in [0.1, 0.15) is 11.6 Å². The van der Waals surface area contributed by atoms with E-state index in [0.717, 1.165) is 24.2 Å². The Kier molecular flexibility index (Phi) is 8.13. The minimum absolute atomic E-state index is 0.0254. The van der Waals surface area contributed by atoms with Gasteiger partial charge in [-0.3, -0.25) is 9.59 Å². The van der Waals surface area contributed by atoms with Crippen LogP contribution in [0.4, 0.5) is 4.79 Å². The summed E-state index contributed by atoms with van der Waals surface area (Å²) in [5, 5.41) is 12.5. The molecule has 0 aromatic heterocycles. The van der Waals surface area contributed by atoms with E-state index in [2.05, 4.69) is 11.4 Å². The molecule has 36 heavy (non-hydrogen) atoms. The molecule has 3 aliphatic heterocycles. The highest BCUT2D eigenvalue weighted by Gasteiger charge is 2.47. The zero-order valence-electron chi connectivity index (χ0n) is 21.3. The lowest BCUT2D eigenvalue weighted by Gasteiger charge is -2.36. The third-order valence-electron chi connectivity index (χ3n) is 7.22. The summed E-state index contributed by atoms with van der Waals surface area (Å²) >= 11 is 1.72. The second-order valence-electron chi connectivity index (χ2n) is 10.9. The third-order valence-corrected chi connectivity index (χ3v) is 8.38. The van der Waals surface area contributed by atoms with Crippen molar-refractivity contribution in [3.05, 3.63) is 35.9 Å². The molecule has 3 heterocycles. The summed E-state index contributed by atoms with van der Waals surface area (Å²) in [5.41, 5.74) is 0.451. The van der Waals surface area contributed by atoms with E-state index in [4.69, 9.17) is 4.74 Å². The summed E-state index contributed by atoms with van der Waals surface area (Å²) in [5.74, 6) is 0.665. The Morgan fingerprint density at radius 3 is 2.61 bits per heavy atom. The Morgan fingerprint density at radius 2 is 1.92 bits per heavy atom. The van der Waals surface area contributed by atoms with E-state index < -0.39 is 23.7 Å². The number of benzene rings is 1. The lowest BCUT2D eigenvalue weighted by molar-refractivity contribution is -0.147. The van der Waals surface area contributed by atoms with Crippen molar-refractivity contribution in [1.82, 2.24) is 15.1 Å². The minimum Gasteiger partial charge on any atom is -0.444 e. The molecule has 1 aromatic rings. The van der Waals surface area contributed by atoms with E-state index in [-0.39, 0.29) is 36.2 Å². The molecule has 3 saturated heterocycles. The molecule has 3 fully saturated rings. The number of hydrogen-bond donors (Lipinski definition) is 1. The van der Waals surface area contributed by atoms with Gasteiger partial charge in [-0.05, 0) is 51.3 Å². The van der Waals surface area contributed by atoms with Gasteiger partial charge in [0.25, 0.3) is 0 Å². The van der Waals surface area contributed by atoms with Gasteiger partial charge in [-0.25, -0.2) is 4.79 Å². The molecule has 8 nitrogen and oxygen atoms in total. The van der Waals surface area contributed by atoms with Crippen molar-refractivity contribution in [3.63, 3.8) is 0 Å². The Morgan fingerprint density at radius 1 is 1.17 bits per heavy atom. The first-order chi connectivity index (χ1) is 17.2. The predicted molar refractivity (Wildman–Crippen MR) is 138 cm³/mol. The zero-order chi connectivity index (χ0) is 25.9. The molecule has 1 unspecified atom stereocenters. The second-order valence-corrected chi connectivity index (χ2v) is 12.1. The Labute approximate surface area is 217 Å². The molecule has 194 valence electrons. The summed E-state index contributed by atoms with van der Waals surface area (Å²) < 4.78 is 5.33. The number of amides is 3. The first-order valence-electron chi connectivity index (χ1n) is 12.8. The van der Waals surface area contributed by atoms with Crippen molar-refractivity contribution in [2.45, 2.75) is 63.6 Å². The molecule has 0 spiro atoms. The largest absolute Gasteiger partial charge is 0.444 e. The molecule has 0 radical (unpaired) electrons. The zero-order valence-corrected chi connectivity index (χ0v) is 22.1. The van der Waals surface area contributed by atoms with Crippen LogP contribution in [0, 0.1) is 23.2 Å². The monoisotopic (exact) mass is 512 g/mol. The molecule has 0 bridgehead atoms. The Hall–Kier alpha value is -2.73. The molecular weight excluding hydrogens is 476 g/mol. The molecule has 5 atom stereocenters. The van der Waals surface area contributed by atoms with Crippen molar-refractivity contribution in [1.29, 1.82) is 5.26 Å². The number of rotatable bonds is 4. The van der Waals surface area contributed by atoms with Gasteiger partial charge in [0.15, 0.2) is 0 Å². The summed E-state index contributed by atoms with van der Waals surface area (Å²) in [6, 6.07) is 11.8. The van der Waals surface area contributed by atoms with E-state index in [9.17, 15) is 19.6 Å². The summed E-state index contributed by atoms with van der Waals surface area (Å²) in [6.45, 7) is 6.45. The normalized spacial score (nSPS) is 28.6. The molecular formula is C27H36N4O4S. The average Bonchev–Trinajstić information content (AvgIpc) is 3.45. The SMILES string of the molecule is CC(C)(C)OC(=O)NCC1CSCC[C@H]2CC[C@@H](C(=O)N3C[C@@H](C#N)[C@H](c4ccccc4)C3)N2C1=O. The third kappa shape index (κ3) is 5.97. The van der Waals surface area contributed by atoms with Gasteiger partial charge in [0.2, 0.25) is 11.8 Å². The van der Waals surface area contributed by atoms with Gasteiger partial charge in [0, 0.05) is 37.3 Å². The highest BCUT2D eigenvalue weighted by Crippen LogP contribution is 2.37. The smallest absolute Gasteiger partial charge is 0.407 e. The second kappa shape index (κ2) is 11.1. The predicted octanol–water partition coefficient (Wildman–Crippen LogP) is 3.39. The van der Waals surface area contributed by atoms with Gasteiger partial charge < -0.3 is 19.9 Å². The quantitative estimate of drug-likeness (QED) is 0.663. The van der Waals surface area contributed by atoms with Crippen molar-refractivity contribution >= 4 is 29.7 Å². The molecule has 3 aliphatic rings. The van der Waals surface area contributed by atoms with E-state index in [1.165, 1.54) is 0 Å². The van der Waals surface area contributed by atoms with Gasteiger partial charge in [-0.2, -0.15) is 17.0 Å². The van der Waals surface area contributed by atoms with Crippen LogP contribution in [0.15, 0.2) is 30.3 Å². The van der Waals surface area contributed by atoms with E-state index in [1.54, 1.807) is 42.3 Å². The lowest BCUT2D eigenvalue weighted by atomic mass is 9.90. The van der Waals surface area contributed by atoms with Crippen molar-refractivity contribution < 1.29 is 19.1 Å². The van der Waals surface area contributed by atoms with Crippen LogP contribution < -0.4 is 5.32 Å². The Bertz CT molecular complexity index is 1010. The number of likely N-dealkylation sites (tertiary alicyclic amines) is 1. The fraction of sp³-hybridized carbons (Fsp3) is 0.630. The Balaban J connectivity index is 1.46. The summed E-state index contributed by atoms with van der Waals surface area (Å²) in [6.07, 6.45) is 1.75. The maximum Gasteiger partial charge on any atom is 0.407 e. The number of nitrogens with zero attached hydrogens (tertiary/aromatic N) is 3. The first-order valence-corrected chi connectivity index (χ1v) is 13.9. The highest BCUT2D eigenvalue weighted by molar-refractivity contribution is 7.99. The fourth-order valence-corrected chi connectivity index (χ4v) is 6.65. The first kappa shape index (κ1) is 26.3. The molecule has 9 heteroatoms. The van der Waals surface area contributed by atoms with Crippen LogP contribution in [0.25, 0.3) is 0 Å². The number of fused-ring (bicyclic) bond motifs is 1. The van der Waals surface area contributed by atoms with E-state index >= 15 is 0 Å². The van der Waals surface area contributed by atoms with E-state index in [0.29, 0.717) is 25.3 Å². The molecule has 4 rings (SSSR count). The standard InChI is InChI=1S/C27H36N4O4S/c1-27(2,3)35-26(34)29-14-20-17-36-12-11-21-9-10-23(31(21)24(20)32)25(33)30-15-19(13-28)22(16-30)18-7-5-4-6-8-18/h4-8,19-23H,9-12,14-17H2,1-3H3,(H,29,34)/t19-,20?,21-,22+,23+/m1/s1. The number of nitrogens with one attached hydrogen (secondary N) is 1. The highest BCUT2D eigenvalue weighted by atomic mass is 32.2. The van der Waals surface area contributed by atoms with Gasteiger partial charge in [-0.1, -0.05) is 30.3 Å². The molecule has 1 aromatic carbocycles. The molecule has 0 aliphatic carbocycles. The maximum absolute atomic E-state index is 13.7. The number of carbonyl (C=O) groups excluding carboxylic acids is 3. The van der Waals surface area contributed by atoms with Gasteiger partial charge in [0.05, 0.1) is 17.9 Å². The number of ether oxygens (including phenoxy) is 1. The van der Waals surface area contributed by atoms with Gasteiger partial charge in [-0.15, -0.1) is 0 Å². The fourth-order valence-electron chi connectivity index (χ4n) is 5.50. The topological polar surface area (TPSA) is 103 Å². The van der Waals surface area contributed by atoms with Crippen LogP contribution in [0.2, 0.25) is 0 Å². The van der Waals surface area contributed by atoms with Crippen LogP contribution >= 0.6 is 11.8 Å². The molecule has 3 amide bonds. The summed E-state index contributed by atoms with van der Waals surface area (Å²) in [7, 11) is 0. The van der Waals surface area contributed by atoms with Crippen LogP contribution in [0.5, 0.6) is 0 Å². The number of alkyl carbamates (subject to hydrolysis) is 1. The maximum atomic E-state index is 13.7. The number of hydrogen-bond acceptors (Lipinski definition) is 6. The number of carbonyl (C=O) groups is 3. The molecule has 1 N–H and O–H groups in total. The number of thioether (sulfide) groups is 1. The van der Waals surface area contributed by atoms with Crippen LogP contribution in [-0.4, -0.2) is 76.5 Å². The van der Waals surface area contributed by atoms with Crippen LogP contribution in [-0.2, 0) is 14.3 Å². The molecule has 0 saturated carbocycles.